The van der Waals surface area contributed by atoms with Gasteiger partial charge in [0.1, 0.15) is 4.90 Å². The Hall–Kier alpha value is -2.12. The number of rotatable bonds is 4. The maximum atomic E-state index is 12.1. The Morgan fingerprint density at radius 3 is 2.65 bits per heavy atom. The summed E-state index contributed by atoms with van der Waals surface area (Å²) < 4.78 is 26.4. The van der Waals surface area contributed by atoms with Crippen molar-refractivity contribution in [1.29, 1.82) is 0 Å². The summed E-state index contributed by atoms with van der Waals surface area (Å²) in [5.41, 5.74) is -0.296. The van der Waals surface area contributed by atoms with Gasteiger partial charge in [0.25, 0.3) is 10.0 Å². The third-order valence-corrected chi connectivity index (χ3v) is 3.99. The zero-order valence-electron chi connectivity index (χ0n) is 9.95. The number of aromatic carboxylic acids is 1. The van der Waals surface area contributed by atoms with Crippen LogP contribution in [0.15, 0.2) is 47.6 Å². The van der Waals surface area contributed by atoms with Gasteiger partial charge in [0.05, 0.1) is 11.3 Å². The van der Waals surface area contributed by atoms with E-state index in [-0.39, 0.29) is 21.2 Å². The monoisotopic (exact) mass is 312 g/mol. The molecule has 0 aliphatic heterocycles. The van der Waals surface area contributed by atoms with Crippen molar-refractivity contribution >= 4 is 33.3 Å². The lowest BCUT2D eigenvalue weighted by Gasteiger charge is -2.10. The van der Waals surface area contributed by atoms with Gasteiger partial charge < -0.3 is 5.11 Å². The number of carbonyl (C=O) groups is 1. The maximum absolute atomic E-state index is 12.1. The van der Waals surface area contributed by atoms with Gasteiger partial charge in [0.15, 0.2) is 0 Å². The largest absolute Gasteiger partial charge is 0.478 e. The number of aromatic nitrogens is 1. The molecular formula is C12H9ClN2O4S. The molecule has 6 nitrogen and oxygen atoms in total. The first-order chi connectivity index (χ1) is 9.40. The molecule has 0 spiro atoms. The van der Waals surface area contributed by atoms with Crippen molar-refractivity contribution in [2.75, 3.05) is 4.72 Å². The molecule has 0 unspecified atom stereocenters. The van der Waals surface area contributed by atoms with Gasteiger partial charge in [-0.15, -0.1) is 0 Å². The second-order valence-corrected chi connectivity index (χ2v) is 5.91. The highest BCUT2D eigenvalue weighted by molar-refractivity contribution is 7.92. The fraction of sp³-hybridized carbons (Fsp3) is 0. The molecule has 0 radical (unpaired) electrons. The van der Waals surface area contributed by atoms with E-state index >= 15 is 0 Å². The molecule has 104 valence electrons. The number of hydrogen-bond donors (Lipinski definition) is 2. The highest BCUT2D eigenvalue weighted by Gasteiger charge is 2.18. The number of carboxylic acids is 1. The van der Waals surface area contributed by atoms with Gasteiger partial charge in [-0.3, -0.25) is 9.71 Å². The normalized spacial score (nSPS) is 11.1. The minimum absolute atomic E-state index is 0.0729. The molecule has 0 amide bonds. The van der Waals surface area contributed by atoms with Crippen LogP contribution in [0.3, 0.4) is 0 Å². The lowest BCUT2D eigenvalue weighted by atomic mass is 10.2. The van der Waals surface area contributed by atoms with E-state index in [4.69, 9.17) is 16.7 Å². The number of halogens is 1. The van der Waals surface area contributed by atoms with Gasteiger partial charge in [-0.1, -0.05) is 11.6 Å². The molecule has 0 bridgehead atoms. The van der Waals surface area contributed by atoms with Crippen LogP contribution < -0.4 is 4.72 Å². The summed E-state index contributed by atoms with van der Waals surface area (Å²) in [4.78, 5) is 14.7. The highest BCUT2D eigenvalue weighted by atomic mass is 35.5. The summed E-state index contributed by atoms with van der Waals surface area (Å²) in [7, 11) is -3.92. The molecule has 2 aromatic rings. The van der Waals surface area contributed by atoms with Gasteiger partial charge in [0.2, 0.25) is 0 Å². The number of anilines is 1. The van der Waals surface area contributed by atoms with Crippen molar-refractivity contribution in [3.8, 4) is 0 Å². The van der Waals surface area contributed by atoms with Crippen LogP contribution in [-0.4, -0.2) is 24.5 Å². The molecule has 0 atom stereocenters. The number of carboxylic acid groups (broad SMARTS) is 1. The Morgan fingerprint density at radius 2 is 2.05 bits per heavy atom. The predicted octanol–water partition coefficient (Wildman–Crippen LogP) is 2.23. The molecule has 8 heteroatoms. The molecule has 1 aromatic heterocycles. The average Bonchev–Trinajstić information content (AvgIpc) is 2.39. The van der Waals surface area contributed by atoms with Crippen LogP contribution >= 0.6 is 11.6 Å². The Kier molecular flexibility index (Phi) is 3.91. The third-order valence-electron chi connectivity index (χ3n) is 2.40. The van der Waals surface area contributed by atoms with Crippen molar-refractivity contribution in [1.82, 2.24) is 4.98 Å². The van der Waals surface area contributed by atoms with Crippen molar-refractivity contribution < 1.29 is 18.3 Å². The van der Waals surface area contributed by atoms with E-state index in [1.807, 2.05) is 0 Å². The van der Waals surface area contributed by atoms with E-state index in [0.29, 0.717) is 0 Å². The minimum atomic E-state index is -3.92. The maximum Gasteiger partial charge on any atom is 0.337 e. The first kappa shape index (κ1) is 14.3. The molecule has 0 saturated heterocycles. The molecule has 20 heavy (non-hydrogen) atoms. The van der Waals surface area contributed by atoms with E-state index in [1.165, 1.54) is 36.5 Å². The molecule has 0 saturated carbocycles. The van der Waals surface area contributed by atoms with Gasteiger partial charge in [-0.05, 0) is 30.3 Å². The second-order valence-electron chi connectivity index (χ2n) is 3.79. The summed E-state index contributed by atoms with van der Waals surface area (Å²) in [6, 6.07) is 6.64. The third kappa shape index (κ3) is 3.06. The van der Waals surface area contributed by atoms with Gasteiger partial charge in [0, 0.05) is 17.4 Å². The van der Waals surface area contributed by atoms with E-state index in [1.54, 1.807) is 0 Å². The smallest absolute Gasteiger partial charge is 0.337 e. The fourth-order valence-electron chi connectivity index (χ4n) is 1.50. The summed E-state index contributed by atoms with van der Waals surface area (Å²) in [5, 5.41) is 9.25. The second kappa shape index (κ2) is 5.48. The fourth-order valence-corrected chi connectivity index (χ4v) is 2.70. The molecule has 0 fully saturated rings. The van der Waals surface area contributed by atoms with Gasteiger partial charge in [-0.2, -0.15) is 0 Å². The predicted molar refractivity (Wildman–Crippen MR) is 73.5 cm³/mol. The lowest BCUT2D eigenvalue weighted by Crippen LogP contribution is -2.15. The summed E-state index contributed by atoms with van der Waals surface area (Å²) >= 11 is 5.76. The van der Waals surface area contributed by atoms with E-state index in [9.17, 15) is 13.2 Å². The Balaban J connectivity index is 2.44. The van der Waals surface area contributed by atoms with Crippen LogP contribution in [0.1, 0.15) is 10.4 Å². The molecule has 2 N–H and O–H groups in total. The highest BCUT2D eigenvalue weighted by Crippen LogP contribution is 2.24. The van der Waals surface area contributed by atoms with E-state index in [2.05, 4.69) is 9.71 Å². The Labute approximate surface area is 120 Å². The molecule has 1 heterocycles. The number of sulfonamides is 1. The van der Waals surface area contributed by atoms with Crippen LogP contribution in [0, 0.1) is 0 Å². The summed E-state index contributed by atoms with van der Waals surface area (Å²) in [6.45, 7) is 0. The minimum Gasteiger partial charge on any atom is -0.478 e. The number of nitrogens with one attached hydrogen (secondary N) is 1. The zero-order chi connectivity index (χ0) is 14.8. The number of nitrogens with zero attached hydrogens (tertiary/aromatic N) is 1. The standard InChI is InChI=1S/C12H9ClN2O4S/c13-8-3-4-10(12(16)17)11(6-8)15-20(18,19)9-2-1-5-14-7-9/h1-7,15H,(H,16,17). The first-order valence-corrected chi connectivity index (χ1v) is 7.22. The molecule has 2 rings (SSSR count). The average molecular weight is 313 g/mol. The van der Waals surface area contributed by atoms with Crippen molar-refractivity contribution in [3.63, 3.8) is 0 Å². The molecule has 0 aliphatic rings. The summed E-state index contributed by atoms with van der Waals surface area (Å²) in [5.74, 6) is -1.26. The Morgan fingerprint density at radius 1 is 1.30 bits per heavy atom. The van der Waals surface area contributed by atoms with Crippen LogP contribution in [0.2, 0.25) is 5.02 Å². The van der Waals surface area contributed by atoms with Crippen LogP contribution in [0.25, 0.3) is 0 Å². The van der Waals surface area contributed by atoms with Crippen LogP contribution in [-0.2, 0) is 10.0 Å². The SMILES string of the molecule is O=C(O)c1ccc(Cl)cc1NS(=O)(=O)c1cccnc1. The van der Waals surface area contributed by atoms with E-state index < -0.39 is 16.0 Å². The van der Waals surface area contributed by atoms with Crippen LogP contribution in [0.4, 0.5) is 5.69 Å². The van der Waals surface area contributed by atoms with E-state index in [0.717, 1.165) is 6.20 Å². The van der Waals surface area contributed by atoms with Gasteiger partial charge >= 0.3 is 5.97 Å². The number of benzene rings is 1. The Bertz CT molecular complexity index is 747. The zero-order valence-corrected chi connectivity index (χ0v) is 11.5. The topological polar surface area (TPSA) is 96.4 Å². The lowest BCUT2D eigenvalue weighted by molar-refractivity contribution is 0.0698. The van der Waals surface area contributed by atoms with Gasteiger partial charge in [-0.25, -0.2) is 13.2 Å². The number of hydrogen-bond acceptors (Lipinski definition) is 4. The molecular weight excluding hydrogens is 304 g/mol. The number of pyridine rings is 1. The molecule has 0 aliphatic carbocycles. The quantitative estimate of drug-likeness (QED) is 0.902. The first-order valence-electron chi connectivity index (χ1n) is 5.36. The molecule has 1 aromatic carbocycles. The van der Waals surface area contributed by atoms with Crippen molar-refractivity contribution in [2.45, 2.75) is 4.90 Å². The van der Waals surface area contributed by atoms with Crippen LogP contribution in [0.5, 0.6) is 0 Å². The van der Waals surface area contributed by atoms with Crippen molar-refractivity contribution in [3.05, 3.63) is 53.3 Å². The van der Waals surface area contributed by atoms with Crippen molar-refractivity contribution in [2.24, 2.45) is 0 Å². The summed E-state index contributed by atoms with van der Waals surface area (Å²) in [6.07, 6.45) is 2.59.